The van der Waals surface area contributed by atoms with E-state index in [4.69, 9.17) is 25.6 Å². The Morgan fingerprint density at radius 2 is 2.00 bits per heavy atom. The molecule has 148 valence electrons. The van der Waals surface area contributed by atoms with Gasteiger partial charge in [-0.25, -0.2) is 9.78 Å². The van der Waals surface area contributed by atoms with Crippen LogP contribution < -0.4 is 4.74 Å². The van der Waals surface area contributed by atoms with E-state index in [1.54, 1.807) is 31.2 Å². The second kappa shape index (κ2) is 8.73. The van der Waals surface area contributed by atoms with Crippen molar-refractivity contribution in [3.63, 3.8) is 0 Å². The number of carbonyl (C=O) groups excluding carboxylic acids is 1. The number of thiophene rings is 1. The highest BCUT2D eigenvalue weighted by Gasteiger charge is 2.19. The van der Waals surface area contributed by atoms with Gasteiger partial charge in [-0.2, -0.15) is 16.3 Å². The number of thiazole rings is 1. The average Bonchev–Trinajstić information content (AvgIpc) is 3.46. The number of esters is 1. The number of ether oxygens (including phenoxy) is 2. The number of hydrogen-bond acceptors (Lipinski definition) is 9. The largest absolute Gasteiger partial charge is 0.486 e. The number of nitrogens with zero attached hydrogens (tertiary/aromatic N) is 3. The standard InChI is InChI=1S/C19H14ClN3O4S2/c1-11-17(29-16(21-11)9-25-14-4-2-13(20)3-5-14)19(24)26-8-15-22-18(23-27-15)12-6-7-28-10-12/h2-7,10H,8-9H2,1H3. The van der Waals surface area contributed by atoms with Crippen LogP contribution in [0.15, 0.2) is 45.6 Å². The lowest BCUT2D eigenvalue weighted by Gasteiger charge is -2.03. The molecule has 1 aromatic carbocycles. The van der Waals surface area contributed by atoms with Gasteiger partial charge >= 0.3 is 5.97 Å². The van der Waals surface area contributed by atoms with Crippen molar-refractivity contribution in [1.82, 2.24) is 15.1 Å². The van der Waals surface area contributed by atoms with Crippen LogP contribution >= 0.6 is 34.3 Å². The molecule has 0 saturated carbocycles. The van der Waals surface area contributed by atoms with Gasteiger partial charge in [0.05, 0.1) is 5.69 Å². The fourth-order valence-electron chi connectivity index (χ4n) is 2.39. The first kappa shape index (κ1) is 19.6. The predicted molar refractivity (Wildman–Crippen MR) is 109 cm³/mol. The first-order valence-electron chi connectivity index (χ1n) is 8.45. The maximum atomic E-state index is 12.4. The van der Waals surface area contributed by atoms with E-state index in [0.717, 1.165) is 5.56 Å². The van der Waals surface area contributed by atoms with Crippen LogP contribution in [0.1, 0.15) is 26.3 Å². The summed E-state index contributed by atoms with van der Waals surface area (Å²) in [6.45, 7) is 1.89. The molecule has 0 amide bonds. The minimum atomic E-state index is -0.493. The molecule has 0 aliphatic carbocycles. The van der Waals surface area contributed by atoms with Crippen LogP contribution in [0.2, 0.25) is 5.02 Å². The zero-order valence-corrected chi connectivity index (χ0v) is 17.5. The third kappa shape index (κ3) is 4.81. The van der Waals surface area contributed by atoms with Gasteiger partial charge in [0.15, 0.2) is 6.61 Å². The van der Waals surface area contributed by atoms with Crippen molar-refractivity contribution in [2.45, 2.75) is 20.1 Å². The molecule has 0 fully saturated rings. The van der Waals surface area contributed by atoms with Crippen molar-refractivity contribution in [3.8, 4) is 17.1 Å². The van der Waals surface area contributed by atoms with Crippen molar-refractivity contribution in [2.24, 2.45) is 0 Å². The molecular formula is C19H14ClN3O4S2. The molecule has 10 heteroatoms. The van der Waals surface area contributed by atoms with E-state index < -0.39 is 5.97 Å². The van der Waals surface area contributed by atoms with Crippen molar-refractivity contribution < 1.29 is 18.8 Å². The van der Waals surface area contributed by atoms with E-state index in [9.17, 15) is 4.79 Å². The normalized spacial score (nSPS) is 10.8. The molecule has 0 saturated heterocycles. The Balaban J connectivity index is 1.34. The molecule has 0 spiro atoms. The van der Waals surface area contributed by atoms with Gasteiger partial charge in [-0.15, -0.1) is 11.3 Å². The van der Waals surface area contributed by atoms with Gasteiger partial charge in [0.25, 0.3) is 5.89 Å². The van der Waals surface area contributed by atoms with Crippen LogP contribution in [-0.2, 0) is 18.0 Å². The van der Waals surface area contributed by atoms with Crippen LogP contribution in [0, 0.1) is 6.92 Å². The minimum absolute atomic E-state index is 0.107. The number of aromatic nitrogens is 3. The SMILES string of the molecule is Cc1nc(COc2ccc(Cl)cc2)sc1C(=O)OCc1nc(-c2ccsc2)no1. The molecule has 7 nitrogen and oxygen atoms in total. The number of halogens is 1. The Hall–Kier alpha value is -2.75. The number of benzene rings is 1. The summed E-state index contributed by atoms with van der Waals surface area (Å²) in [4.78, 5) is 21.4. The molecule has 3 aromatic heterocycles. The smallest absolute Gasteiger partial charge is 0.350 e. The molecule has 0 atom stereocenters. The van der Waals surface area contributed by atoms with Gasteiger partial charge in [0, 0.05) is 16.0 Å². The summed E-state index contributed by atoms with van der Waals surface area (Å²) in [6.07, 6.45) is 0. The summed E-state index contributed by atoms with van der Waals surface area (Å²) >= 11 is 8.62. The Labute approximate surface area is 178 Å². The molecule has 0 aliphatic heterocycles. The summed E-state index contributed by atoms with van der Waals surface area (Å²) in [5, 5.41) is 9.02. The van der Waals surface area contributed by atoms with Crippen LogP contribution in [0.5, 0.6) is 5.75 Å². The zero-order chi connectivity index (χ0) is 20.2. The second-order valence-electron chi connectivity index (χ2n) is 5.86. The molecule has 0 bridgehead atoms. The lowest BCUT2D eigenvalue weighted by Crippen LogP contribution is -2.05. The number of rotatable bonds is 7. The van der Waals surface area contributed by atoms with Gasteiger partial charge in [-0.3, -0.25) is 0 Å². The first-order valence-corrected chi connectivity index (χ1v) is 10.6. The van der Waals surface area contributed by atoms with E-state index in [1.807, 2.05) is 16.8 Å². The highest BCUT2D eigenvalue weighted by Crippen LogP contribution is 2.23. The fraction of sp³-hybridized carbons (Fsp3) is 0.158. The van der Waals surface area contributed by atoms with Gasteiger partial charge in [-0.05, 0) is 42.6 Å². The van der Waals surface area contributed by atoms with Crippen LogP contribution in [-0.4, -0.2) is 21.1 Å². The second-order valence-corrected chi connectivity index (χ2v) is 8.16. The van der Waals surface area contributed by atoms with Crippen LogP contribution in [0.3, 0.4) is 0 Å². The highest BCUT2D eigenvalue weighted by molar-refractivity contribution is 7.13. The topological polar surface area (TPSA) is 87.3 Å². The summed E-state index contributed by atoms with van der Waals surface area (Å²) < 4.78 is 16.1. The summed E-state index contributed by atoms with van der Waals surface area (Å²) in [5.74, 6) is 0.873. The summed E-state index contributed by atoms with van der Waals surface area (Å²) in [6, 6.07) is 8.92. The van der Waals surface area contributed by atoms with Crippen molar-refractivity contribution in [2.75, 3.05) is 0 Å². The number of hydrogen-bond donors (Lipinski definition) is 0. The minimum Gasteiger partial charge on any atom is -0.486 e. The molecule has 0 unspecified atom stereocenters. The third-order valence-corrected chi connectivity index (χ3v) is 5.82. The lowest BCUT2D eigenvalue weighted by atomic mass is 10.3. The summed E-state index contributed by atoms with van der Waals surface area (Å²) in [7, 11) is 0. The van der Waals surface area contributed by atoms with Gasteiger partial charge < -0.3 is 14.0 Å². The van der Waals surface area contributed by atoms with Crippen molar-refractivity contribution >= 4 is 40.2 Å². The maximum Gasteiger partial charge on any atom is 0.350 e. The third-order valence-electron chi connectivity index (χ3n) is 3.78. The monoisotopic (exact) mass is 447 g/mol. The fourth-order valence-corrected chi connectivity index (χ4v) is 4.03. The van der Waals surface area contributed by atoms with E-state index in [1.165, 1.54) is 22.7 Å². The molecule has 4 rings (SSSR count). The molecule has 3 heterocycles. The molecular weight excluding hydrogens is 434 g/mol. The van der Waals surface area contributed by atoms with Gasteiger partial charge in [-0.1, -0.05) is 16.8 Å². The quantitative estimate of drug-likeness (QED) is 0.362. The molecule has 0 N–H and O–H groups in total. The molecule has 4 aromatic rings. The molecule has 0 radical (unpaired) electrons. The predicted octanol–water partition coefficient (Wildman–Crippen LogP) is 5.15. The first-order chi connectivity index (χ1) is 14.1. The molecule has 0 aliphatic rings. The average molecular weight is 448 g/mol. The van der Waals surface area contributed by atoms with Crippen LogP contribution in [0.25, 0.3) is 11.4 Å². The Kier molecular flexibility index (Phi) is 5.89. The lowest BCUT2D eigenvalue weighted by molar-refractivity contribution is 0.0434. The van der Waals surface area contributed by atoms with E-state index in [2.05, 4.69) is 15.1 Å². The van der Waals surface area contributed by atoms with Gasteiger partial charge in [0.2, 0.25) is 5.82 Å². The Bertz CT molecular complexity index is 1110. The van der Waals surface area contributed by atoms with Crippen LogP contribution in [0.4, 0.5) is 0 Å². The molecule has 29 heavy (non-hydrogen) atoms. The van der Waals surface area contributed by atoms with Gasteiger partial charge in [0.1, 0.15) is 22.2 Å². The maximum absolute atomic E-state index is 12.4. The van der Waals surface area contributed by atoms with Crippen molar-refractivity contribution in [3.05, 3.63) is 67.6 Å². The summed E-state index contributed by atoms with van der Waals surface area (Å²) in [5.41, 5.74) is 1.44. The van der Waals surface area contributed by atoms with E-state index in [0.29, 0.717) is 32.2 Å². The van der Waals surface area contributed by atoms with Crippen molar-refractivity contribution in [1.29, 1.82) is 0 Å². The van der Waals surface area contributed by atoms with E-state index in [-0.39, 0.29) is 19.1 Å². The Morgan fingerprint density at radius 1 is 1.17 bits per heavy atom. The van der Waals surface area contributed by atoms with E-state index >= 15 is 0 Å². The Morgan fingerprint density at radius 3 is 2.76 bits per heavy atom. The highest BCUT2D eigenvalue weighted by atomic mass is 35.5. The number of aryl methyl sites for hydroxylation is 1. The number of carbonyl (C=O) groups is 1. The zero-order valence-electron chi connectivity index (χ0n) is 15.1.